The molecular weight excluding hydrogens is 416 g/mol. The minimum absolute atomic E-state index is 0.0993. The number of hydrogen-bond acceptors (Lipinski definition) is 4. The first kappa shape index (κ1) is 22.6. The molecule has 0 N–H and O–H groups in total. The quantitative estimate of drug-likeness (QED) is 0.384. The molecule has 1 aliphatic heterocycles. The standard InChI is InChI=1S/C26H32N4OS/c1-26(2,3)22-12-10-21(11-13-22)24-27-30(25(32)28(24)4)18-29-16-14-20(15-17-29)23(31)19-8-6-5-7-9-19/h5-13,20H,14-18H2,1-4H3. The third-order valence-corrected chi connectivity index (χ3v) is 6.89. The Morgan fingerprint density at radius 2 is 1.66 bits per heavy atom. The third-order valence-electron chi connectivity index (χ3n) is 6.40. The number of piperidine rings is 1. The molecule has 0 unspecified atom stereocenters. The Labute approximate surface area is 195 Å². The highest BCUT2D eigenvalue weighted by molar-refractivity contribution is 7.71. The first-order valence-electron chi connectivity index (χ1n) is 11.3. The van der Waals surface area contributed by atoms with Gasteiger partial charge in [0.05, 0.1) is 6.67 Å². The molecule has 0 radical (unpaired) electrons. The molecule has 4 rings (SSSR count). The minimum Gasteiger partial charge on any atom is -0.303 e. The van der Waals surface area contributed by atoms with E-state index in [2.05, 4.69) is 49.9 Å². The maximum Gasteiger partial charge on any atom is 0.199 e. The number of carbonyl (C=O) groups is 1. The second-order valence-corrected chi connectivity index (χ2v) is 10.1. The zero-order valence-electron chi connectivity index (χ0n) is 19.4. The van der Waals surface area contributed by atoms with Crippen LogP contribution in [0, 0.1) is 10.7 Å². The van der Waals surface area contributed by atoms with Crippen LogP contribution in [0.25, 0.3) is 11.4 Å². The van der Waals surface area contributed by atoms with Crippen molar-refractivity contribution in [3.8, 4) is 11.4 Å². The van der Waals surface area contributed by atoms with Gasteiger partial charge in [-0.15, -0.1) is 0 Å². The van der Waals surface area contributed by atoms with E-state index in [9.17, 15) is 4.79 Å². The third kappa shape index (κ3) is 4.76. The molecule has 2 aromatic carbocycles. The molecule has 5 nitrogen and oxygen atoms in total. The highest BCUT2D eigenvalue weighted by Crippen LogP contribution is 2.26. The van der Waals surface area contributed by atoms with Crippen molar-refractivity contribution in [2.75, 3.05) is 13.1 Å². The van der Waals surface area contributed by atoms with Crippen LogP contribution in [-0.4, -0.2) is 38.1 Å². The van der Waals surface area contributed by atoms with E-state index in [-0.39, 0.29) is 17.1 Å². The zero-order valence-corrected chi connectivity index (χ0v) is 20.2. The maximum absolute atomic E-state index is 12.8. The fourth-order valence-electron chi connectivity index (χ4n) is 4.31. The topological polar surface area (TPSA) is 43.1 Å². The lowest BCUT2D eigenvalue weighted by Gasteiger charge is -2.30. The average Bonchev–Trinajstić information content (AvgIpc) is 3.08. The summed E-state index contributed by atoms with van der Waals surface area (Å²) in [5.74, 6) is 1.24. The summed E-state index contributed by atoms with van der Waals surface area (Å²) in [6.45, 7) is 9.05. The summed E-state index contributed by atoms with van der Waals surface area (Å²) in [5.41, 5.74) is 3.31. The minimum atomic E-state index is 0.0993. The molecule has 0 amide bonds. The van der Waals surface area contributed by atoms with Gasteiger partial charge >= 0.3 is 0 Å². The zero-order chi connectivity index (χ0) is 22.9. The largest absolute Gasteiger partial charge is 0.303 e. The molecule has 0 spiro atoms. The Kier molecular flexibility index (Phi) is 6.45. The summed E-state index contributed by atoms with van der Waals surface area (Å²) in [6.07, 6.45) is 1.74. The number of Topliss-reactive ketones (excluding diaryl/α,β-unsaturated/α-hetero) is 1. The van der Waals surface area contributed by atoms with Gasteiger partial charge in [-0.1, -0.05) is 75.4 Å². The number of aromatic nitrogens is 3. The van der Waals surface area contributed by atoms with Crippen LogP contribution < -0.4 is 0 Å². The lowest BCUT2D eigenvalue weighted by molar-refractivity contribution is 0.0803. The number of hydrogen-bond donors (Lipinski definition) is 0. The van der Waals surface area contributed by atoms with Crippen LogP contribution in [0.3, 0.4) is 0 Å². The summed E-state index contributed by atoms with van der Waals surface area (Å²) in [5, 5.41) is 4.83. The van der Waals surface area contributed by atoms with Crippen LogP contribution in [0.5, 0.6) is 0 Å². The Balaban J connectivity index is 1.43. The SMILES string of the molecule is Cn1c(-c2ccc(C(C)(C)C)cc2)nn(CN2CCC(C(=O)c3ccccc3)CC2)c1=S. The van der Waals surface area contributed by atoms with Gasteiger partial charge in [0.2, 0.25) is 0 Å². The first-order valence-corrected chi connectivity index (χ1v) is 11.7. The molecule has 168 valence electrons. The second kappa shape index (κ2) is 9.12. The summed E-state index contributed by atoms with van der Waals surface area (Å²) in [4.78, 5) is 15.1. The normalized spacial score (nSPS) is 15.8. The highest BCUT2D eigenvalue weighted by Gasteiger charge is 2.26. The van der Waals surface area contributed by atoms with Gasteiger partial charge in [0.1, 0.15) is 0 Å². The molecule has 3 aromatic rings. The van der Waals surface area contributed by atoms with Crippen molar-refractivity contribution in [3.63, 3.8) is 0 Å². The van der Waals surface area contributed by atoms with Gasteiger partial charge in [-0.3, -0.25) is 9.69 Å². The number of rotatable bonds is 5. The van der Waals surface area contributed by atoms with E-state index in [4.69, 9.17) is 17.3 Å². The van der Waals surface area contributed by atoms with Crippen LogP contribution in [0.1, 0.15) is 49.5 Å². The van der Waals surface area contributed by atoms with Gasteiger partial charge in [0, 0.05) is 37.2 Å². The molecule has 0 bridgehead atoms. The molecule has 1 saturated heterocycles. The summed E-state index contributed by atoms with van der Waals surface area (Å²) < 4.78 is 4.59. The molecule has 0 aliphatic carbocycles. The van der Waals surface area contributed by atoms with Crippen molar-refractivity contribution < 1.29 is 4.79 Å². The van der Waals surface area contributed by atoms with E-state index in [0.717, 1.165) is 42.9 Å². The lowest BCUT2D eigenvalue weighted by Crippen LogP contribution is -2.37. The first-order chi connectivity index (χ1) is 15.2. The molecule has 6 heteroatoms. The fourth-order valence-corrected chi connectivity index (χ4v) is 4.50. The molecule has 1 aromatic heterocycles. The van der Waals surface area contributed by atoms with Crippen LogP contribution in [0.4, 0.5) is 0 Å². The predicted octanol–water partition coefficient (Wildman–Crippen LogP) is 5.47. The summed E-state index contributed by atoms with van der Waals surface area (Å²) in [7, 11) is 1.98. The number of ketones is 1. The Morgan fingerprint density at radius 1 is 1.03 bits per heavy atom. The van der Waals surface area contributed by atoms with Crippen LogP contribution in [0.15, 0.2) is 54.6 Å². The van der Waals surface area contributed by atoms with E-state index >= 15 is 0 Å². The van der Waals surface area contributed by atoms with E-state index in [0.29, 0.717) is 11.4 Å². The van der Waals surface area contributed by atoms with Crippen molar-refractivity contribution >= 4 is 18.0 Å². The molecule has 2 heterocycles. The molecule has 0 atom stereocenters. The van der Waals surface area contributed by atoms with Crippen LogP contribution in [0.2, 0.25) is 0 Å². The Hall–Kier alpha value is -2.57. The smallest absolute Gasteiger partial charge is 0.199 e. The van der Waals surface area contributed by atoms with Crippen LogP contribution >= 0.6 is 12.2 Å². The lowest BCUT2D eigenvalue weighted by atomic mass is 9.87. The highest BCUT2D eigenvalue weighted by atomic mass is 32.1. The Bertz CT molecular complexity index is 1130. The second-order valence-electron chi connectivity index (χ2n) is 9.76. The predicted molar refractivity (Wildman–Crippen MR) is 131 cm³/mol. The monoisotopic (exact) mass is 448 g/mol. The number of likely N-dealkylation sites (tertiary alicyclic amines) is 1. The number of nitrogens with zero attached hydrogens (tertiary/aromatic N) is 4. The van der Waals surface area contributed by atoms with E-state index < -0.39 is 0 Å². The fraction of sp³-hybridized carbons (Fsp3) is 0.423. The van der Waals surface area contributed by atoms with Crippen LogP contribution in [-0.2, 0) is 19.1 Å². The number of benzene rings is 2. The molecular formula is C26H32N4OS. The van der Waals surface area contributed by atoms with Gasteiger partial charge in [0.15, 0.2) is 16.4 Å². The van der Waals surface area contributed by atoms with Crippen molar-refractivity contribution in [1.29, 1.82) is 0 Å². The van der Waals surface area contributed by atoms with Gasteiger partial charge < -0.3 is 4.57 Å². The molecule has 1 fully saturated rings. The summed E-state index contributed by atoms with van der Waals surface area (Å²) >= 11 is 5.68. The van der Waals surface area contributed by atoms with Crippen molar-refractivity contribution in [3.05, 3.63) is 70.5 Å². The van der Waals surface area contributed by atoms with Gasteiger partial charge in [-0.05, 0) is 36.0 Å². The van der Waals surface area contributed by atoms with Crippen molar-refractivity contribution in [2.45, 2.75) is 45.7 Å². The summed E-state index contributed by atoms with van der Waals surface area (Å²) in [6, 6.07) is 18.2. The van der Waals surface area contributed by atoms with Gasteiger partial charge in [0.25, 0.3) is 0 Å². The molecule has 1 aliphatic rings. The Morgan fingerprint density at radius 3 is 2.25 bits per heavy atom. The van der Waals surface area contributed by atoms with E-state index in [1.165, 1.54) is 5.56 Å². The van der Waals surface area contributed by atoms with E-state index in [1.807, 2.05) is 46.6 Å². The number of carbonyl (C=O) groups excluding carboxylic acids is 1. The maximum atomic E-state index is 12.8. The van der Waals surface area contributed by atoms with E-state index in [1.54, 1.807) is 0 Å². The molecule has 32 heavy (non-hydrogen) atoms. The molecule has 0 saturated carbocycles. The van der Waals surface area contributed by atoms with Crippen molar-refractivity contribution in [2.24, 2.45) is 13.0 Å². The van der Waals surface area contributed by atoms with Crippen molar-refractivity contribution in [1.82, 2.24) is 19.2 Å². The van der Waals surface area contributed by atoms with Gasteiger partial charge in [-0.25, -0.2) is 4.68 Å². The van der Waals surface area contributed by atoms with Gasteiger partial charge in [-0.2, -0.15) is 5.10 Å². The average molecular weight is 449 g/mol.